The van der Waals surface area contributed by atoms with Crippen molar-refractivity contribution >= 4 is 33.7 Å². The van der Waals surface area contributed by atoms with Gasteiger partial charge in [-0.3, -0.25) is 5.32 Å². The zero-order chi connectivity index (χ0) is 16.1. The number of carbonyl (C=O) groups excluding carboxylic acids is 1. The molecule has 0 aliphatic rings. The molecule has 0 spiro atoms. The van der Waals surface area contributed by atoms with E-state index in [0.717, 1.165) is 11.6 Å². The summed E-state index contributed by atoms with van der Waals surface area (Å²) in [6, 6.07) is 11.0. The zero-order valence-corrected chi connectivity index (χ0v) is 12.8. The molecule has 0 bridgehead atoms. The maximum atomic E-state index is 13.4. The second kappa shape index (κ2) is 7.04. The van der Waals surface area contributed by atoms with Crippen molar-refractivity contribution in [2.45, 2.75) is 6.61 Å². The van der Waals surface area contributed by atoms with Gasteiger partial charge in [-0.2, -0.15) is 0 Å². The Bertz CT molecular complexity index is 706. The van der Waals surface area contributed by atoms with E-state index in [1.807, 2.05) is 6.07 Å². The highest BCUT2D eigenvalue weighted by Gasteiger charge is 2.16. The molecule has 2 aromatic rings. The molecule has 0 saturated carbocycles. The van der Waals surface area contributed by atoms with Gasteiger partial charge in [-0.15, -0.1) is 0 Å². The van der Waals surface area contributed by atoms with E-state index in [9.17, 15) is 14.0 Å². The number of ether oxygens (including phenoxy) is 1. The Morgan fingerprint density at radius 1 is 1.23 bits per heavy atom. The fraction of sp³-hybridized carbons (Fsp3) is 0.0667. The summed E-state index contributed by atoms with van der Waals surface area (Å²) in [6.07, 6.45) is -0.829. The summed E-state index contributed by atoms with van der Waals surface area (Å²) in [4.78, 5) is 22.8. The van der Waals surface area contributed by atoms with Crippen LogP contribution in [0, 0.1) is 5.82 Å². The van der Waals surface area contributed by atoms with E-state index in [-0.39, 0.29) is 22.3 Å². The third-order valence-corrected chi connectivity index (χ3v) is 3.35. The van der Waals surface area contributed by atoms with Gasteiger partial charge in [0, 0.05) is 0 Å². The van der Waals surface area contributed by atoms with Crippen LogP contribution in [0.5, 0.6) is 0 Å². The van der Waals surface area contributed by atoms with E-state index in [1.54, 1.807) is 24.3 Å². The number of hydrogen-bond acceptors (Lipinski definition) is 3. The van der Waals surface area contributed by atoms with E-state index in [2.05, 4.69) is 21.2 Å². The summed E-state index contributed by atoms with van der Waals surface area (Å²) in [5.41, 5.74) is 0.368. The van der Waals surface area contributed by atoms with Gasteiger partial charge in [-0.05, 0) is 33.6 Å². The first-order chi connectivity index (χ1) is 10.5. The SMILES string of the molecule is O=C(Nc1cc(Br)c(F)cc1C(=O)O)OCc1ccccc1. The standard InChI is InChI=1S/C15H11BrFNO4/c16-11-7-13(10(14(19)20)6-12(11)17)18-15(21)22-8-9-4-2-1-3-5-9/h1-7H,8H2,(H,18,21)(H,19,20). The Morgan fingerprint density at radius 2 is 1.91 bits per heavy atom. The van der Waals surface area contributed by atoms with Gasteiger partial charge in [0.05, 0.1) is 15.7 Å². The van der Waals surface area contributed by atoms with Crippen LogP contribution in [-0.4, -0.2) is 17.2 Å². The second-order valence-corrected chi connectivity index (χ2v) is 5.16. The number of aromatic carboxylic acids is 1. The van der Waals surface area contributed by atoms with Gasteiger partial charge in [0.1, 0.15) is 12.4 Å². The molecule has 0 radical (unpaired) electrons. The number of rotatable bonds is 4. The molecule has 2 N–H and O–H groups in total. The minimum absolute atomic E-state index is 0.0378. The summed E-state index contributed by atoms with van der Waals surface area (Å²) in [5.74, 6) is -2.09. The summed E-state index contributed by atoms with van der Waals surface area (Å²) in [7, 11) is 0. The Kier molecular flexibility index (Phi) is 5.11. The van der Waals surface area contributed by atoms with Crippen molar-refractivity contribution in [2.75, 3.05) is 5.32 Å². The fourth-order valence-electron chi connectivity index (χ4n) is 1.70. The fourth-order valence-corrected chi connectivity index (χ4v) is 2.04. The van der Waals surface area contributed by atoms with Gasteiger partial charge in [-0.25, -0.2) is 14.0 Å². The van der Waals surface area contributed by atoms with Gasteiger partial charge in [-0.1, -0.05) is 30.3 Å². The van der Waals surface area contributed by atoms with Crippen LogP contribution in [-0.2, 0) is 11.3 Å². The molecule has 114 valence electrons. The van der Waals surface area contributed by atoms with Crippen molar-refractivity contribution in [3.05, 3.63) is 63.9 Å². The van der Waals surface area contributed by atoms with Crippen LogP contribution < -0.4 is 5.32 Å². The molecule has 0 unspecified atom stereocenters. The van der Waals surface area contributed by atoms with E-state index in [4.69, 9.17) is 9.84 Å². The van der Waals surface area contributed by atoms with Crippen molar-refractivity contribution in [3.63, 3.8) is 0 Å². The number of halogens is 2. The van der Waals surface area contributed by atoms with Crippen molar-refractivity contribution in [1.82, 2.24) is 0 Å². The van der Waals surface area contributed by atoms with Crippen LogP contribution in [0.1, 0.15) is 15.9 Å². The van der Waals surface area contributed by atoms with E-state index < -0.39 is 17.9 Å². The average molecular weight is 368 g/mol. The Hall–Kier alpha value is -2.41. The van der Waals surface area contributed by atoms with Crippen molar-refractivity contribution in [2.24, 2.45) is 0 Å². The minimum atomic E-state index is -1.36. The summed E-state index contributed by atoms with van der Waals surface area (Å²) >= 11 is 2.93. The first kappa shape index (κ1) is 16.0. The molecule has 0 aromatic heterocycles. The molecule has 22 heavy (non-hydrogen) atoms. The van der Waals surface area contributed by atoms with Gasteiger partial charge in [0.15, 0.2) is 0 Å². The highest BCUT2D eigenvalue weighted by atomic mass is 79.9. The lowest BCUT2D eigenvalue weighted by Gasteiger charge is -2.10. The lowest BCUT2D eigenvalue weighted by molar-refractivity contribution is 0.0697. The van der Waals surface area contributed by atoms with Crippen LogP contribution in [0.2, 0.25) is 0 Å². The normalized spacial score (nSPS) is 10.1. The molecule has 2 rings (SSSR count). The lowest BCUT2D eigenvalue weighted by Crippen LogP contribution is -2.16. The first-order valence-corrected chi connectivity index (χ1v) is 6.96. The summed E-state index contributed by atoms with van der Waals surface area (Å²) < 4.78 is 18.4. The van der Waals surface area contributed by atoms with Crippen LogP contribution in [0.25, 0.3) is 0 Å². The molecule has 0 atom stereocenters. The largest absolute Gasteiger partial charge is 0.478 e. The van der Waals surface area contributed by atoms with E-state index in [1.165, 1.54) is 6.07 Å². The van der Waals surface area contributed by atoms with Crippen molar-refractivity contribution in [3.8, 4) is 0 Å². The second-order valence-electron chi connectivity index (χ2n) is 4.30. The van der Waals surface area contributed by atoms with Crippen molar-refractivity contribution in [1.29, 1.82) is 0 Å². The van der Waals surface area contributed by atoms with E-state index >= 15 is 0 Å². The molecule has 0 saturated heterocycles. The number of anilines is 1. The van der Waals surface area contributed by atoms with Crippen LogP contribution >= 0.6 is 15.9 Å². The number of carbonyl (C=O) groups is 2. The smallest absolute Gasteiger partial charge is 0.411 e. The first-order valence-electron chi connectivity index (χ1n) is 6.17. The Balaban J connectivity index is 2.08. The third kappa shape index (κ3) is 4.05. The van der Waals surface area contributed by atoms with Gasteiger partial charge in [0.2, 0.25) is 0 Å². The molecule has 0 heterocycles. The van der Waals surface area contributed by atoms with E-state index in [0.29, 0.717) is 0 Å². The quantitative estimate of drug-likeness (QED) is 0.854. The Morgan fingerprint density at radius 3 is 2.55 bits per heavy atom. The van der Waals surface area contributed by atoms with Gasteiger partial charge < -0.3 is 9.84 Å². The zero-order valence-electron chi connectivity index (χ0n) is 11.2. The molecular weight excluding hydrogens is 357 g/mol. The van der Waals surface area contributed by atoms with Crippen LogP contribution in [0.3, 0.4) is 0 Å². The number of carboxylic acids is 1. The average Bonchev–Trinajstić information content (AvgIpc) is 2.49. The Labute approximate surface area is 133 Å². The number of nitrogens with one attached hydrogen (secondary N) is 1. The monoisotopic (exact) mass is 367 g/mol. The number of hydrogen-bond donors (Lipinski definition) is 2. The number of amides is 1. The minimum Gasteiger partial charge on any atom is -0.478 e. The highest BCUT2D eigenvalue weighted by Crippen LogP contribution is 2.25. The molecule has 7 heteroatoms. The molecule has 2 aromatic carbocycles. The maximum absolute atomic E-state index is 13.4. The molecule has 0 aliphatic carbocycles. The maximum Gasteiger partial charge on any atom is 0.411 e. The molecule has 0 fully saturated rings. The number of benzene rings is 2. The number of carboxylic acid groups (broad SMARTS) is 1. The van der Waals surface area contributed by atoms with Gasteiger partial charge >= 0.3 is 12.1 Å². The van der Waals surface area contributed by atoms with Gasteiger partial charge in [0.25, 0.3) is 0 Å². The highest BCUT2D eigenvalue weighted by molar-refractivity contribution is 9.10. The predicted octanol–water partition coefficient (Wildman–Crippen LogP) is 4.04. The molecule has 0 aliphatic heterocycles. The molecular formula is C15H11BrFNO4. The lowest BCUT2D eigenvalue weighted by atomic mass is 10.2. The van der Waals surface area contributed by atoms with Crippen LogP contribution in [0.4, 0.5) is 14.9 Å². The molecule has 1 amide bonds. The summed E-state index contributed by atoms with van der Waals surface area (Å²) in [5, 5.41) is 11.3. The topological polar surface area (TPSA) is 75.6 Å². The van der Waals surface area contributed by atoms with Crippen LogP contribution in [0.15, 0.2) is 46.9 Å². The summed E-state index contributed by atoms with van der Waals surface area (Å²) in [6.45, 7) is 0.0391. The molecule has 5 nitrogen and oxygen atoms in total. The van der Waals surface area contributed by atoms with Crippen molar-refractivity contribution < 1.29 is 23.8 Å². The predicted molar refractivity (Wildman–Crippen MR) is 81.3 cm³/mol. The third-order valence-electron chi connectivity index (χ3n) is 2.74.